The summed E-state index contributed by atoms with van der Waals surface area (Å²) in [6.45, 7) is 3.12. The highest BCUT2D eigenvalue weighted by Gasteiger charge is 2.29. The lowest BCUT2D eigenvalue weighted by Crippen LogP contribution is -2.24. The van der Waals surface area contributed by atoms with Crippen molar-refractivity contribution in [2.24, 2.45) is 11.8 Å². The summed E-state index contributed by atoms with van der Waals surface area (Å²) in [7, 11) is 2.12. The Bertz CT molecular complexity index is 451. The van der Waals surface area contributed by atoms with Gasteiger partial charge in [-0.25, -0.2) is 15.8 Å². The summed E-state index contributed by atoms with van der Waals surface area (Å²) in [6.07, 6.45) is 5.12. The number of anilines is 2. The molecule has 2 aliphatic carbocycles. The van der Waals surface area contributed by atoms with Crippen molar-refractivity contribution < 1.29 is 0 Å². The summed E-state index contributed by atoms with van der Waals surface area (Å²) < 4.78 is 0. The molecule has 0 saturated heterocycles. The zero-order chi connectivity index (χ0) is 12.7. The van der Waals surface area contributed by atoms with Crippen molar-refractivity contribution in [1.82, 2.24) is 9.97 Å². The van der Waals surface area contributed by atoms with E-state index >= 15 is 0 Å². The minimum atomic E-state index is 0.547. The van der Waals surface area contributed by atoms with Gasteiger partial charge in [0, 0.05) is 25.1 Å². The van der Waals surface area contributed by atoms with Gasteiger partial charge in [-0.15, -0.1) is 0 Å². The molecule has 98 valence electrons. The Morgan fingerprint density at radius 1 is 1.28 bits per heavy atom. The molecule has 3 rings (SSSR count). The Hall–Kier alpha value is -1.36. The van der Waals surface area contributed by atoms with Gasteiger partial charge in [-0.1, -0.05) is 0 Å². The fourth-order valence-corrected chi connectivity index (χ4v) is 2.33. The molecule has 3 N–H and O–H groups in total. The highest BCUT2D eigenvalue weighted by Crippen LogP contribution is 2.40. The summed E-state index contributed by atoms with van der Waals surface area (Å²) >= 11 is 0. The molecule has 1 heterocycles. The van der Waals surface area contributed by atoms with Gasteiger partial charge in [0.2, 0.25) is 0 Å². The molecule has 18 heavy (non-hydrogen) atoms. The van der Waals surface area contributed by atoms with Gasteiger partial charge in [0.1, 0.15) is 17.5 Å². The predicted molar refractivity (Wildman–Crippen MR) is 72.5 cm³/mol. The average molecular weight is 247 g/mol. The number of nitrogens with one attached hydrogen (secondary N) is 1. The number of hydrazine groups is 1. The van der Waals surface area contributed by atoms with E-state index in [1.54, 1.807) is 0 Å². The van der Waals surface area contributed by atoms with Crippen LogP contribution in [0.1, 0.15) is 43.0 Å². The zero-order valence-electron chi connectivity index (χ0n) is 11.1. The molecule has 2 saturated carbocycles. The largest absolute Gasteiger partial charge is 0.359 e. The second-order valence-electron chi connectivity index (χ2n) is 5.62. The van der Waals surface area contributed by atoms with Crippen LogP contribution < -0.4 is 16.2 Å². The fraction of sp³-hybridized carbons (Fsp3) is 0.692. The monoisotopic (exact) mass is 247 g/mol. The molecule has 0 aromatic carbocycles. The second-order valence-corrected chi connectivity index (χ2v) is 5.62. The van der Waals surface area contributed by atoms with Crippen molar-refractivity contribution in [2.75, 3.05) is 23.9 Å². The van der Waals surface area contributed by atoms with Crippen LogP contribution in [0.15, 0.2) is 0 Å². The summed E-state index contributed by atoms with van der Waals surface area (Å²) in [5, 5.41) is 0. The molecule has 0 amide bonds. The van der Waals surface area contributed by atoms with E-state index in [0.29, 0.717) is 5.92 Å². The van der Waals surface area contributed by atoms with E-state index in [1.165, 1.54) is 25.7 Å². The van der Waals surface area contributed by atoms with Crippen LogP contribution in [0, 0.1) is 12.8 Å². The first-order valence-electron chi connectivity index (χ1n) is 6.75. The van der Waals surface area contributed by atoms with E-state index in [1.807, 2.05) is 6.92 Å². The molecular formula is C13H21N5. The third-order valence-electron chi connectivity index (χ3n) is 3.81. The number of nitrogens with two attached hydrogens (primary N) is 1. The Morgan fingerprint density at radius 2 is 2.00 bits per heavy atom. The van der Waals surface area contributed by atoms with Crippen LogP contribution in [0.4, 0.5) is 11.6 Å². The van der Waals surface area contributed by atoms with Crippen molar-refractivity contribution >= 4 is 11.6 Å². The highest BCUT2D eigenvalue weighted by atomic mass is 15.3. The quantitative estimate of drug-likeness (QED) is 0.613. The zero-order valence-corrected chi connectivity index (χ0v) is 11.1. The summed E-state index contributed by atoms with van der Waals surface area (Å²) in [4.78, 5) is 11.5. The van der Waals surface area contributed by atoms with Crippen LogP contribution in [-0.2, 0) is 0 Å². The van der Waals surface area contributed by atoms with Gasteiger partial charge >= 0.3 is 0 Å². The summed E-state index contributed by atoms with van der Waals surface area (Å²) in [5.74, 6) is 9.71. The SMILES string of the molecule is Cc1c(NN)nc(C2CC2)nc1N(C)CC1CC1. The number of nitrogens with zero attached hydrogens (tertiary/aromatic N) is 3. The van der Waals surface area contributed by atoms with Gasteiger partial charge in [0.05, 0.1) is 0 Å². The molecule has 1 aromatic rings. The molecule has 0 spiro atoms. The molecular weight excluding hydrogens is 226 g/mol. The lowest BCUT2D eigenvalue weighted by Gasteiger charge is -2.22. The van der Waals surface area contributed by atoms with Gasteiger partial charge in [0.25, 0.3) is 0 Å². The average Bonchev–Trinajstić information content (AvgIpc) is 3.22. The van der Waals surface area contributed by atoms with E-state index in [9.17, 15) is 0 Å². The van der Waals surface area contributed by atoms with E-state index in [-0.39, 0.29) is 0 Å². The molecule has 2 aliphatic rings. The highest BCUT2D eigenvalue weighted by molar-refractivity contribution is 5.58. The molecule has 0 unspecified atom stereocenters. The van der Waals surface area contributed by atoms with E-state index < -0.39 is 0 Å². The minimum Gasteiger partial charge on any atom is -0.359 e. The van der Waals surface area contributed by atoms with Gasteiger partial charge in [-0.3, -0.25) is 0 Å². The lowest BCUT2D eigenvalue weighted by atomic mass is 10.2. The van der Waals surface area contributed by atoms with Gasteiger partial charge in [0.15, 0.2) is 0 Å². The van der Waals surface area contributed by atoms with Crippen molar-refractivity contribution in [1.29, 1.82) is 0 Å². The smallest absolute Gasteiger partial charge is 0.148 e. The minimum absolute atomic E-state index is 0.547. The third-order valence-corrected chi connectivity index (χ3v) is 3.81. The summed E-state index contributed by atoms with van der Waals surface area (Å²) in [5.41, 5.74) is 3.75. The third kappa shape index (κ3) is 2.27. The van der Waals surface area contributed by atoms with Crippen molar-refractivity contribution in [3.8, 4) is 0 Å². The molecule has 1 aromatic heterocycles. The fourth-order valence-electron chi connectivity index (χ4n) is 2.33. The van der Waals surface area contributed by atoms with Crippen molar-refractivity contribution in [2.45, 2.75) is 38.5 Å². The topological polar surface area (TPSA) is 67.1 Å². The maximum Gasteiger partial charge on any atom is 0.148 e. The second kappa shape index (κ2) is 4.39. The molecule has 0 atom stereocenters. The van der Waals surface area contributed by atoms with Gasteiger partial charge < -0.3 is 10.3 Å². The number of aromatic nitrogens is 2. The van der Waals surface area contributed by atoms with Gasteiger partial charge in [-0.2, -0.15) is 0 Å². The first kappa shape index (κ1) is 11.7. The van der Waals surface area contributed by atoms with Gasteiger partial charge in [-0.05, 0) is 38.5 Å². The Balaban J connectivity index is 1.91. The predicted octanol–water partition coefficient (Wildman–Crippen LogP) is 1.79. The molecule has 2 fully saturated rings. The molecule has 0 aliphatic heterocycles. The van der Waals surface area contributed by atoms with Crippen LogP contribution in [0.2, 0.25) is 0 Å². The Labute approximate surface area is 108 Å². The van der Waals surface area contributed by atoms with E-state index in [0.717, 1.165) is 35.5 Å². The first-order chi connectivity index (χ1) is 8.69. The van der Waals surface area contributed by atoms with Crippen LogP contribution in [-0.4, -0.2) is 23.6 Å². The molecule has 5 nitrogen and oxygen atoms in total. The van der Waals surface area contributed by atoms with E-state index in [2.05, 4.69) is 22.4 Å². The Morgan fingerprint density at radius 3 is 2.56 bits per heavy atom. The first-order valence-corrected chi connectivity index (χ1v) is 6.75. The molecule has 0 radical (unpaired) electrons. The van der Waals surface area contributed by atoms with Crippen LogP contribution in [0.5, 0.6) is 0 Å². The standard InChI is InChI=1S/C13H21N5/c1-8-11(17-14)15-12(10-5-6-10)16-13(8)18(2)7-9-3-4-9/h9-10H,3-7,14H2,1-2H3,(H,15,16,17). The number of hydrogen-bond donors (Lipinski definition) is 2. The Kier molecular flexibility index (Phi) is 2.86. The maximum absolute atomic E-state index is 5.56. The summed E-state index contributed by atoms with van der Waals surface area (Å²) in [6, 6.07) is 0. The maximum atomic E-state index is 5.56. The van der Waals surface area contributed by atoms with Crippen molar-refractivity contribution in [3.63, 3.8) is 0 Å². The molecule has 0 bridgehead atoms. The van der Waals surface area contributed by atoms with Crippen LogP contribution in [0.3, 0.4) is 0 Å². The number of hydrogen-bond acceptors (Lipinski definition) is 5. The number of nitrogen functional groups attached to an aromatic ring is 1. The molecule has 5 heteroatoms. The van der Waals surface area contributed by atoms with Crippen molar-refractivity contribution in [3.05, 3.63) is 11.4 Å². The van der Waals surface area contributed by atoms with E-state index in [4.69, 9.17) is 10.8 Å². The number of rotatable bonds is 5. The van der Waals surface area contributed by atoms with Crippen LogP contribution in [0.25, 0.3) is 0 Å². The lowest BCUT2D eigenvalue weighted by molar-refractivity contribution is 0.764. The normalized spacial score (nSPS) is 18.8. The van der Waals surface area contributed by atoms with Crippen LogP contribution >= 0.6 is 0 Å².